The largest absolute Gasteiger partial charge is 0.493 e. The molecule has 1 saturated heterocycles. The highest BCUT2D eigenvalue weighted by Crippen LogP contribution is 2.32. The molecular weight excluding hydrogens is 320 g/mol. The van der Waals surface area contributed by atoms with Crippen molar-refractivity contribution in [1.82, 2.24) is 10.2 Å². The standard InChI is InChI=1S/C19H26N2O4/c1-19(2,3)25-18(23)21-11-6-8-15(21)17(22)20-14-10-12-24-16-9-5-4-7-13(14)16/h4-5,7,9,14-15H,6,8,10-12H2,1-3H3,(H,20,22)/t14-,15-/m0/s1. The van der Waals surface area contributed by atoms with Crippen molar-refractivity contribution in [3.63, 3.8) is 0 Å². The van der Waals surface area contributed by atoms with Crippen LogP contribution in [0.3, 0.4) is 0 Å². The van der Waals surface area contributed by atoms with Crippen molar-refractivity contribution in [3.05, 3.63) is 29.8 Å². The topological polar surface area (TPSA) is 67.9 Å². The van der Waals surface area contributed by atoms with E-state index in [0.717, 1.165) is 24.2 Å². The van der Waals surface area contributed by atoms with Crippen LogP contribution in [0.25, 0.3) is 0 Å². The number of nitrogens with zero attached hydrogens (tertiary/aromatic N) is 1. The molecule has 6 nitrogen and oxygen atoms in total. The van der Waals surface area contributed by atoms with Crippen molar-refractivity contribution >= 4 is 12.0 Å². The van der Waals surface area contributed by atoms with Gasteiger partial charge in [-0.05, 0) is 39.7 Å². The number of fused-ring (bicyclic) bond motifs is 1. The highest BCUT2D eigenvalue weighted by molar-refractivity contribution is 5.86. The molecule has 1 aromatic rings. The first kappa shape index (κ1) is 17.6. The van der Waals surface area contributed by atoms with Gasteiger partial charge in [-0.1, -0.05) is 18.2 Å². The first-order valence-corrected chi connectivity index (χ1v) is 8.87. The fourth-order valence-electron chi connectivity index (χ4n) is 3.34. The van der Waals surface area contributed by atoms with E-state index in [-0.39, 0.29) is 11.9 Å². The van der Waals surface area contributed by atoms with Gasteiger partial charge in [0.2, 0.25) is 5.91 Å². The van der Waals surface area contributed by atoms with E-state index in [2.05, 4.69) is 5.32 Å². The Balaban J connectivity index is 1.68. The van der Waals surface area contributed by atoms with E-state index in [1.165, 1.54) is 0 Å². The molecule has 2 heterocycles. The second kappa shape index (κ2) is 6.94. The fourth-order valence-corrected chi connectivity index (χ4v) is 3.34. The first-order valence-electron chi connectivity index (χ1n) is 8.87. The lowest BCUT2D eigenvalue weighted by atomic mass is 10.00. The lowest BCUT2D eigenvalue weighted by molar-refractivity contribution is -0.126. The Morgan fingerprint density at radius 1 is 1.24 bits per heavy atom. The van der Waals surface area contributed by atoms with E-state index < -0.39 is 17.7 Å². The SMILES string of the molecule is CC(C)(C)OC(=O)N1CCC[C@H]1C(=O)N[C@H]1CCOc2ccccc21. The minimum Gasteiger partial charge on any atom is -0.493 e. The van der Waals surface area contributed by atoms with Gasteiger partial charge in [0.1, 0.15) is 17.4 Å². The van der Waals surface area contributed by atoms with Crippen molar-refractivity contribution < 1.29 is 19.1 Å². The molecule has 0 saturated carbocycles. The lowest BCUT2D eigenvalue weighted by Gasteiger charge is -2.31. The van der Waals surface area contributed by atoms with Crippen LogP contribution in [0.5, 0.6) is 5.75 Å². The minimum atomic E-state index is -0.569. The van der Waals surface area contributed by atoms with Crippen LogP contribution in [-0.2, 0) is 9.53 Å². The first-order chi connectivity index (χ1) is 11.8. The van der Waals surface area contributed by atoms with E-state index in [4.69, 9.17) is 9.47 Å². The number of hydrogen-bond donors (Lipinski definition) is 1. The van der Waals surface area contributed by atoms with Gasteiger partial charge in [-0.25, -0.2) is 4.79 Å². The molecule has 2 aliphatic rings. The predicted molar refractivity (Wildman–Crippen MR) is 93.4 cm³/mol. The zero-order valence-electron chi connectivity index (χ0n) is 15.1. The summed E-state index contributed by atoms with van der Waals surface area (Å²) in [5.74, 6) is 0.694. The average molecular weight is 346 g/mol. The molecule has 0 aromatic heterocycles. The average Bonchev–Trinajstić information content (AvgIpc) is 3.03. The molecule has 2 amide bonds. The number of ether oxygens (including phenoxy) is 2. The Morgan fingerprint density at radius 2 is 2.00 bits per heavy atom. The molecule has 0 radical (unpaired) electrons. The van der Waals surface area contributed by atoms with Crippen molar-refractivity contribution in [1.29, 1.82) is 0 Å². The summed E-state index contributed by atoms with van der Waals surface area (Å²) >= 11 is 0. The normalized spacial score (nSPS) is 22.8. The van der Waals surface area contributed by atoms with Gasteiger partial charge in [0.15, 0.2) is 0 Å². The third-order valence-corrected chi connectivity index (χ3v) is 4.46. The second-order valence-electron chi connectivity index (χ2n) is 7.57. The number of amides is 2. The number of carbonyl (C=O) groups is 2. The summed E-state index contributed by atoms with van der Waals surface area (Å²) in [4.78, 5) is 26.7. The summed E-state index contributed by atoms with van der Waals surface area (Å²) in [6.45, 7) is 6.61. The van der Waals surface area contributed by atoms with Gasteiger partial charge in [-0.3, -0.25) is 9.69 Å². The molecule has 1 fully saturated rings. The van der Waals surface area contributed by atoms with Crippen LogP contribution in [0.2, 0.25) is 0 Å². The molecule has 0 unspecified atom stereocenters. The maximum atomic E-state index is 12.8. The van der Waals surface area contributed by atoms with E-state index >= 15 is 0 Å². The van der Waals surface area contributed by atoms with Crippen molar-refractivity contribution in [2.24, 2.45) is 0 Å². The predicted octanol–water partition coefficient (Wildman–Crippen LogP) is 3.03. The maximum absolute atomic E-state index is 12.8. The van der Waals surface area contributed by atoms with Crippen molar-refractivity contribution in [2.75, 3.05) is 13.2 Å². The zero-order valence-corrected chi connectivity index (χ0v) is 15.1. The summed E-state index contributed by atoms with van der Waals surface area (Å²) in [7, 11) is 0. The lowest BCUT2D eigenvalue weighted by Crippen LogP contribution is -2.48. The van der Waals surface area contributed by atoms with Crippen LogP contribution >= 0.6 is 0 Å². The van der Waals surface area contributed by atoms with Crippen LogP contribution in [0.1, 0.15) is 51.6 Å². The summed E-state index contributed by atoms with van der Waals surface area (Å²) in [6.07, 6.45) is 1.78. The van der Waals surface area contributed by atoms with Crippen LogP contribution in [-0.4, -0.2) is 41.7 Å². The van der Waals surface area contributed by atoms with Gasteiger partial charge in [0, 0.05) is 18.5 Å². The van der Waals surface area contributed by atoms with Crippen molar-refractivity contribution in [3.8, 4) is 5.75 Å². The van der Waals surface area contributed by atoms with E-state index in [1.54, 1.807) is 4.90 Å². The molecule has 0 aliphatic carbocycles. The van der Waals surface area contributed by atoms with Gasteiger partial charge >= 0.3 is 6.09 Å². The van der Waals surface area contributed by atoms with Crippen LogP contribution in [0.15, 0.2) is 24.3 Å². The number of rotatable bonds is 2. The van der Waals surface area contributed by atoms with Crippen LogP contribution in [0.4, 0.5) is 4.79 Å². The molecule has 3 rings (SSSR count). The van der Waals surface area contributed by atoms with Crippen molar-refractivity contribution in [2.45, 2.75) is 57.7 Å². The van der Waals surface area contributed by atoms with E-state index in [1.807, 2.05) is 45.0 Å². The molecule has 136 valence electrons. The van der Waals surface area contributed by atoms with Gasteiger partial charge < -0.3 is 14.8 Å². The van der Waals surface area contributed by atoms with Gasteiger partial charge in [0.25, 0.3) is 0 Å². The molecule has 25 heavy (non-hydrogen) atoms. The Kier molecular flexibility index (Phi) is 4.88. The van der Waals surface area contributed by atoms with E-state index in [9.17, 15) is 9.59 Å². The molecule has 0 bridgehead atoms. The molecule has 1 aromatic carbocycles. The number of nitrogens with one attached hydrogen (secondary N) is 1. The Labute approximate surface area is 148 Å². The number of hydrogen-bond acceptors (Lipinski definition) is 4. The maximum Gasteiger partial charge on any atom is 0.410 e. The fraction of sp³-hybridized carbons (Fsp3) is 0.579. The van der Waals surface area contributed by atoms with Gasteiger partial charge in [-0.2, -0.15) is 0 Å². The third-order valence-electron chi connectivity index (χ3n) is 4.46. The monoisotopic (exact) mass is 346 g/mol. The van der Waals surface area contributed by atoms with E-state index in [0.29, 0.717) is 19.6 Å². The minimum absolute atomic E-state index is 0.0847. The molecule has 1 N–H and O–H groups in total. The molecule has 0 spiro atoms. The summed E-state index contributed by atoms with van der Waals surface area (Å²) in [6, 6.07) is 7.19. The number of likely N-dealkylation sites (tertiary alicyclic amines) is 1. The number of para-hydroxylation sites is 1. The molecular formula is C19H26N2O4. The molecule has 6 heteroatoms. The molecule has 2 atom stereocenters. The Morgan fingerprint density at radius 3 is 2.76 bits per heavy atom. The number of carbonyl (C=O) groups excluding carboxylic acids is 2. The Hall–Kier alpha value is -2.24. The zero-order chi connectivity index (χ0) is 18.0. The van der Waals surface area contributed by atoms with Crippen LogP contribution in [0, 0.1) is 0 Å². The molecule has 2 aliphatic heterocycles. The highest BCUT2D eigenvalue weighted by atomic mass is 16.6. The second-order valence-corrected chi connectivity index (χ2v) is 7.57. The smallest absolute Gasteiger partial charge is 0.410 e. The third kappa shape index (κ3) is 4.06. The number of benzene rings is 1. The summed E-state index contributed by atoms with van der Waals surface area (Å²) < 4.78 is 11.1. The van der Waals surface area contributed by atoms with Gasteiger partial charge in [-0.15, -0.1) is 0 Å². The van der Waals surface area contributed by atoms with Crippen LogP contribution < -0.4 is 10.1 Å². The van der Waals surface area contributed by atoms with Gasteiger partial charge in [0.05, 0.1) is 12.6 Å². The quantitative estimate of drug-likeness (QED) is 0.894. The highest BCUT2D eigenvalue weighted by Gasteiger charge is 2.37. The Bertz CT molecular complexity index is 653. The summed E-state index contributed by atoms with van der Waals surface area (Å²) in [5.41, 5.74) is 0.421. The summed E-state index contributed by atoms with van der Waals surface area (Å²) in [5, 5.41) is 3.10.